The van der Waals surface area contributed by atoms with Gasteiger partial charge in [0.15, 0.2) is 0 Å². The molecule has 1 heteroatoms. The van der Waals surface area contributed by atoms with Gasteiger partial charge in [0.1, 0.15) is 5.75 Å². The normalized spacial score (nSPS) is 20.0. The summed E-state index contributed by atoms with van der Waals surface area (Å²) in [7, 11) is 1.75. The van der Waals surface area contributed by atoms with Crippen LogP contribution >= 0.6 is 0 Å². The molecule has 0 N–H and O–H groups in total. The molecular weight excluding hydrogens is 232 g/mol. The highest BCUT2D eigenvalue weighted by Gasteiger charge is 2.26. The molecule has 0 bridgehead atoms. The first-order chi connectivity index (χ1) is 9.00. The highest BCUT2D eigenvalue weighted by Crippen LogP contribution is 2.38. The van der Waals surface area contributed by atoms with Gasteiger partial charge in [-0.15, -0.1) is 0 Å². The van der Waals surface area contributed by atoms with Crippen LogP contribution in [0.15, 0.2) is 35.9 Å². The fraction of sp³-hybridized carbons (Fsp3) is 0.556. The Labute approximate surface area is 117 Å². The van der Waals surface area contributed by atoms with E-state index in [1.807, 2.05) is 6.07 Å². The predicted octanol–water partition coefficient (Wildman–Crippen LogP) is 5.01. The molecule has 2 rings (SSSR count). The number of hydrogen-bond donors (Lipinski definition) is 0. The van der Waals surface area contributed by atoms with Crippen molar-refractivity contribution in [2.75, 3.05) is 7.11 Å². The SMILES string of the molecule is COc1ccccc1CC1=CCC(C(C)(C)C)CC1. The van der Waals surface area contributed by atoms with E-state index in [2.05, 4.69) is 45.0 Å². The molecule has 0 fully saturated rings. The summed E-state index contributed by atoms with van der Waals surface area (Å²) < 4.78 is 5.44. The number of ether oxygens (including phenoxy) is 1. The molecule has 0 aliphatic heterocycles. The molecule has 0 saturated carbocycles. The van der Waals surface area contributed by atoms with E-state index in [0.717, 1.165) is 18.1 Å². The largest absolute Gasteiger partial charge is 0.496 e. The van der Waals surface area contributed by atoms with Gasteiger partial charge in [0.25, 0.3) is 0 Å². The molecule has 1 aliphatic carbocycles. The van der Waals surface area contributed by atoms with Crippen LogP contribution in [-0.2, 0) is 6.42 Å². The minimum Gasteiger partial charge on any atom is -0.496 e. The third-order valence-corrected chi connectivity index (χ3v) is 4.34. The maximum absolute atomic E-state index is 5.44. The number of methoxy groups -OCH3 is 1. The van der Waals surface area contributed by atoms with Crippen LogP contribution in [0.25, 0.3) is 0 Å². The number of para-hydroxylation sites is 1. The number of hydrogen-bond acceptors (Lipinski definition) is 1. The average Bonchev–Trinajstić information content (AvgIpc) is 2.39. The molecule has 0 spiro atoms. The highest BCUT2D eigenvalue weighted by atomic mass is 16.5. The fourth-order valence-electron chi connectivity index (χ4n) is 2.93. The third-order valence-electron chi connectivity index (χ3n) is 4.34. The van der Waals surface area contributed by atoms with Gasteiger partial charge in [0.2, 0.25) is 0 Å². The van der Waals surface area contributed by atoms with Gasteiger partial charge in [-0.3, -0.25) is 0 Å². The summed E-state index contributed by atoms with van der Waals surface area (Å²) in [5, 5.41) is 0. The lowest BCUT2D eigenvalue weighted by molar-refractivity contribution is 0.220. The molecule has 19 heavy (non-hydrogen) atoms. The van der Waals surface area contributed by atoms with Crippen LogP contribution < -0.4 is 4.74 Å². The zero-order valence-corrected chi connectivity index (χ0v) is 12.7. The Hall–Kier alpha value is -1.24. The Balaban J connectivity index is 2.04. The lowest BCUT2D eigenvalue weighted by atomic mass is 9.72. The first-order valence-electron chi connectivity index (χ1n) is 7.30. The molecule has 1 atom stereocenters. The second-order valence-corrected chi connectivity index (χ2v) is 6.69. The van der Waals surface area contributed by atoms with Crippen LogP contribution in [0.5, 0.6) is 5.75 Å². The van der Waals surface area contributed by atoms with E-state index in [1.54, 1.807) is 12.7 Å². The van der Waals surface area contributed by atoms with Gasteiger partial charge in [0, 0.05) is 0 Å². The van der Waals surface area contributed by atoms with Crippen LogP contribution in [0.2, 0.25) is 0 Å². The Kier molecular flexibility index (Phi) is 4.34. The van der Waals surface area contributed by atoms with E-state index >= 15 is 0 Å². The van der Waals surface area contributed by atoms with Crippen molar-refractivity contribution >= 4 is 0 Å². The lowest BCUT2D eigenvalue weighted by Gasteiger charge is -2.33. The summed E-state index contributed by atoms with van der Waals surface area (Å²) in [6.45, 7) is 7.07. The molecule has 0 aromatic heterocycles. The maximum Gasteiger partial charge on any atom is 0.122 e. The number of allylic oxidation sites excluding steroid dienone is 2. The quantitative estimate of drug-likeness (QED) is 0.692. The molecule has 104 valence electrons. The van der Waals surface area contributed by atoms with Crippen molar-refractivity contribution in [3.63, 3.8) is 0 Å². The molecule has 1 aromatic carbocycles. The molecule has 0 saturated heterocycles. The molecule has 1 unspecified atom stereocenters. The van der Waals surface area contributed by atoms with Gasteiger partial charge in [-0.2, -0.15) is 0 Å². The van der Waals surface area contributed by atoms with E-state index in [1.165, 1.54) is 24.8 Å². The molecule has 1 nitrogen and oxygen atoms in total. The van der Waals surface area contributed by atoms with Crippen LogP contribution in [0.4, 0.5) is 0 Å². The van der Waals surface area contributed by atoms with Crippen molar-refractivity contribution < 1.29 is 4.74 Å². The minimum absolute atomic E-state index is 0.437. The van der Waals surface area contributed by atoms with Gasteiger partial charge < -0.3 is 4.74 Å². The summed E-state index contributed by atoms with van der Waals surface area (Å²) in [6.07, 6.45) is 7.30. The second kappa shape index (κ2) is 5.81. The first kappa shape index (κ1) is 14.2. The molecule has 0 heterocycles. The van der Waals surface area contributed by atoms with Crippen molar-refractivity contribution in [2.45, 2.75) is 46.5 Å². The van der Waals surface area contributed by atoms with E-state index < -0.39 is 0 Å². The van der Waals surface area contributed by atoms with Crippen LogP contribution in [0.3, 0.4) is 0 Å². The summed E-state index contributed by atoms with van der Waals surface area (Å²) in [6, 6.07) is 8.36. The van der Waals surface area contributed by atoms with Crippen molar-refractivity contribution in [3.05, 3.63) is 41.5 Å². The highest BCUT2D eigenvalue weighted by molar-refractivity contribution is 5.36. The number of benzene rings is 1. The number of rotatable bonds is 3. The molecule has 1 aliphatic rings. The average molecular weight is 258 g/mol. The summed E-state index contributed by atoms with van der Waals surface area (Å²) in [5.74, 6) is 1.84. The van der Waals surface area contributed by atoms with Crippen molar-refractivity contribution in [3.8, 4) is 5.75 Å². The first-order valence-corrected chi connectivity index (χ1v) is 7.30. The van der Waals surface area contributed by atoms with Crippen LogP contribution in [0, 0.1) is 11.3 Å². The zero-order chi connectivity index (χ0) is 13.9. The molecular formula is C18H26O. The summed E-state index contributed by atoms with van der Waals surface area (Å²) >= 11 is 0. The molecule has 0 amide bonds. The van der Waals surface area contributed by atoms with E-state index in [0.29, 0.717) is 5.41 Å². The Morgan fingerprint density at radius 1 is 1.21 bits per heavy atom. The summed E-state index contributed by atoms with van der Waals surface area (Å²) in [5.41, 5.74) is 3.32. The molecule has 1 aromatic rings. The third kappa shape index (κ3) is 3.62. The lowest BCUT2D eigenvalue weighted by Crippen LogP contribution is -2.22. The van der Waals surface area contributed by atoms with Crippen molar-refractivity contribution in [1.82, 2.24) is 0 Å². The van der Waals surface area contributed by atoms with Gasteiger partial charge in [0.05, 0.1) is 7.11 Å². The monoisotopic (exact) mass is 258 g/mol. The topological polar surface area (TPSA) is 9.23 Å². The van der Waals surface area contributed by atoms with Crippen LogP contribution in [-0.4, -0.2) is 7.11 Å². The fourth-order valence-corrected chi connectivity index (χ4v) is 2.93. The van der Waals surface area contributed by atoms with Gasteiger partial charge in [-0.25, -0.2) is 0 Å². The second-order valence-electron chi connectivity index (χ2n) is 6.69. The standard InChI is InChI=1S/C18H26O/c1-18(2,3)16-11-9-14(10-12-16)13-15-7-5-6-8-17(15)19-4/h5-9,16H,10-13H2,1-4H3. The minimum atomic E-state index is 0.437. The van der Waals surface area contributed by atoms with Gasteiger partial charge in [-0.05, 0) is 48.6 Å². The van der Waals surface area contributed by atoms with Gasteiger partial charge in [-0.1, -0.05) is 50.6 Å². The zero-order valence-electron chi connectivity index (χ0n) is 12.7. The Bertz CT molecular complexity index is 451. The maximum atomic E-state index is 5.44. The Morgan fingerprint density at radius 3 is 2.53 bits per heavy atom. The smallest absolute Gasteiger partial charge is 0.122 e. The van der Waals surface area contributed by atoms with E-state index in [9.17, 15) is 0 Å². The van der Waals surface area contributed by atoms with Gasteiger partial charge >= 0.3 is 0 Å². The van der Waals surface area contributed by atoms with E-state index in [4.69, 9.17) is 4.74 Å². The predicted molar refractivity (Wildman–Crippen MR) is 81.6 cm³/mol. The summed E-state index contributed by atoms with van der Waals surface area (Å²) in [4.78, 5) is 0. The van der Waals surface area contributed by atoms with Crippen LogP contribution in [0.1, 0.15) is 45.6 Å². The van der Waals surface area contributed by atoms with Crippen molar-refractivity contribution in [2.24, 2.45) is 11.3 Å². The van der Waals surface area contributed by atoms with Crippen molar-refractivity contribution in [1.29, 1.82) is 0 Å². The van der Waals surface area contributed by atoms with E-state index in [-0.39, 0.29) is 0 Å². The molecule has 0 radical (unpaired) electrons. The Morgan fingerprint density at radius 2 is 1.95 bits per heavy atom.